The molecule has 1 heterocycles. The van der Waals surface area contributed by atoms with Crippen LogP contribution >= 0.6 is 34.9 Å². The van der Waals surface area contributed by atoms with Crippen molar-refractivity contribution in [3.8, 4) is 0 Å². The molecule has 0 saturated carbocycles. The fourth-order valence-corrected chi connectivity index (χ4v) is 3.44. The number of carbonyl (C=O) groups excluding carboxylic acids is 1. The first-order chi connectivity index (χ1) is 9.69. The minimum absolute atomic E-state index is 0.0327. The number of rotatable bonds is 6. The number of hydrogen-bond acceptors (Lipinski definition) is 6. The fourth-order valence-electron chi connectivity index (χ4n) is 1.42. The number of amides is 1. The Hall–Kier alpha value is -1.05. The van der Waals surface area contributed by atoms with E-state index in [1.54, 1.807) is 11.8 Å². The van der Waals surface area contributed by atoms with Crippen molar-refractivity contribution < 1.29 is 4.79 Å². The van der Waals surface area contributed by atoms with Crippen molar-refractivity contribution in [2.45, 2.75) is 22.3 Å². The number of carbonyl (C=O) groups is 1. The summed E-state index contributed by atoms with van der Waals surface area (Å²) in [7, 11) is 0. The van der Waals surface area contributed by atoms with E-state index in [4.69, 9.17) is 0 Å². The predicted molar refractivity (Wildman–Crippen MR) is 87.5 cm³/mol. The topological polar surface area (TPSA) is 54.9 Å². The highest BCUT2D eigenvalue weighted by molar-refractivity contribution is 8.00. The minimum Gasteiger partial charge on any atom is -0.300 e. The minimum atomic E-state index is -0.128. The number of benzene rings is 1. The van der Waals surface area contributed by atoms with Gasteiger partial charge in [0.05, 0.1) is 5.25 Å². The van der Waals surface area contributed by atoms with Crippen LogP contribution in [0.2, 0.25) is 0 Å². The van der Waals surface area contributed by atoms with Gasteiger partial charge in [0.25, 0.3) is 0 Å². The van der Waals surface area contributed by atoms with Gasteiger partial charge in [0.2, 0.25) is 11.0 Å². The summed E-state index contributed by atoms with van der Waals surface area (Å²) >= 11 is 4.52. The SMILES string of the molecule is CSc1nnc(NC(=O)[C@@H](C)SCc2ccccc2)s1. The van der Waals surface area contributed by atoms with E-state index in [0.717, 1.165) is 10.1 Å². The highest BCUT2D eigenvalue weighted by Crippen LogP contribution is 2.24. The van der Waals surface area contributed by atoms with Crippen molar-refractivity contribution in [3.63, 3.8) is 0 Å². The van der Waals surface area contributed by atoms with Crippen LogP contribution in [0.1, 0.15) is 12.5 Å². The second-order valence-corrected chi connectivity index (χ2v) is 7.37. The van der Waals surface area contributed by atoms with Crippen molar-refractivity contribution in [2.24, 2.45) is 0 Å². The van der Waals surface area contributed by atoms with Gasteiger partial charge < -0.3 is 0 Å². The molecule has 0 aliphatic carbocycles. The highest BCUT2D eigenvalue weighted by atomic mass is 32.2. The molecule has 0 bridgehead atoms. The van der Waals surface area contributed by atoms with Crippen LogP contribution in [-0.2, 0) is 10.5 Å². The smallest absolute Gasteiger partial charge is 0.239 e. The third-order valence-corrected chi connectivity index (χ3v) is 5.55. The van der Waals surface area contributed by atoms with Gasteiger partial charge in [0.1, 0.15) is 0 Å². The number of anilines is 1. The lowest BCUT2D eigenvalue weighted by molar-refractivity contribution is -0.115. The molecule has 7 heteroatoms. The van der Waals surface area contributed by atoms with Gasteiger partial charge in [-0.2, -0.15) is 0 Å². The van der Waals surface area contributed by atoms with Crippen LogP contribution < -0.4 is 5.32 Å². The monoisotopic (exact) mass is 325 g/mol. The Kier molecular flexibility index (Phi) is 5.87. The maximum atomic E-state index is 12.0. The Bertz CT molecular complexity index is 559. The van der Waals surface area contributed by atoms with Gasteiger partial charge in [0.15, 0.2) is 4.34 Å². The molecule has 1 amide bonds. The Labute approximate surface area is 130 Å². The summed E-state index contributed by atoms with van der Waals surface area (Å²) in [5.41, 5.74) is 1.22. The molecular formula is C13H15N3OS3. The van der Waals surface area contributed by atoms with E-state index in [1.807, 2.05) is 31.4 Å². The van der Waals surface area contributed by atoms with Gasteiger partial charge in [-0.15, -0.1) is 22.0 Å². The average Bonchev–Trinajstić information content (AvgIpc) is 2.93. The van der Waals surface area contributed by atoms with Crippen LogP contribution in [0.3, 0.4) is 0 Å². The summed E-state index contributed by atoms with van der Waals surface area (Å²) in [4.78, 5) is 12.0. The molecule has 2 rings (SSSR count). The van der Waals surface area contributed by atoms with Gasteiger partial charge in [-0.3, -0.25) is 10.1 Å². The van der Waals surface area contributed by atoms with Crippen molar-refractivity contribution in [1.29, 1.82) is 0 Å². The molecule has 2 aromatic rings. The summed E-state index contributed by atoms with van der Waals surface area (Å²) in [6.07, 6.45) is 1.93. The quantitative estimate of drug-likeness (QED) is 0.650. The van der Waals surface area contributed by atoms with Crippen LogP contribution in [0.25, 0.3) is 0 Å². The fraction of sp³-hybridized carbons (Fsp3) is 0.308. The highest BCUT2D eigenvalue weighted by Gasteiger charge is 2.15. The molecule has 0 radical (unpaired) electrons. The van der Waals surface area contributed by atoms with Gasteiger partial charge in [-0.25, -0.2) is 0 Å². The van der Waals surface area contributed by atoms with Gasteiger partial charge in [0, 0.05) is 5.75 Å². The lowest BCUT2D eigenvalue weighted by atomic mass is 10.2. The first kappa shape index (κ1) is 15.3. The molecule has 1 atom stereocenters. The van der Waals surface area contributed by atoms with Crippen molar-refractivity contribution in [1.82, 2.24) is 10.2 Å². The number of nitrogens with one attached hydrogen (secondary N) is 1. The van der Waals surface area contributed by atoms with Gasteiger partial charge >= 0.3 is 0 Å². The lowest BCUT2D eigenvalue weighted by Crippen LogP contribution is -2.22. The molecule has 1 aromatic carbocycles. The standard InChI is InChI=1S/C13H15N3OS3/c1-9(19-8-10-6-4-3-5-7-10)11(17)14-12-15-16-13(18-2)20-12/h3-7,9H,8H2,1-2H3,(H,14,15,17)/t9-/m1/s1. The Balaban J connectivity index is 1.82. The van der Waals surface area contributed by atoms with Crippen LogP contribution in [0, 0.1) is 0 Å². The average molecular weight is 325 g/mol. The molecule has 20 heavy (non-hydrogen) atoms. The zero-order chi connectivity index (χ0) is 14.4. The Morgan fingerprint density at radius 1 is 1.35 bits per heavy atom. The summed E-state index contributed by atoms with van der Waals surface area (Å²) < 4.78 is 0.852. The van der Waals surface area contributed by atoms with Crippen molar-refractivity contribution >= 4 is 45.9 Å². The molecule has 4 nitrogen and oxygen atoms in total. The van der Waals surface area contributed by atoms with E-state index < -0.39 is 0 Å². The molecule has 0 aliphatic heterocycles. The van der Waals surface area contributed by atoms with E-state index in [-0.39, 0.29) is 11.2 Å². The van der Waals surface area contributed by atoms with E-state index in [1.165, 1.54) is 28.7 Å². The lowest BCUT2D eigenvalue weighted by Gasteiger charge is -2.10. The zero-order valence-electron chi connectivity index (χ0n) is 11.2. The third kappa shape index (κ3) is 4.50. The summed E-state index contributed by atoms with van der Waals surface area (Å²) in [6, 6.07) is 10.1. The molecule has 106 valence electrons. The summed E-state index contributed by atoms with van der Waals surface area (Å²) in [6.45, 7) is 1.90. The maximum Gasteiger partial charge on any atom is 0.239 e. The molecule has 0 aliphatic rings. The van der Waals surface area contributed by atoms with Crippen molar-refractivity contribution in [2.75, 3.05) is 11.6 Å². The largest absolute Gasteiger partial charge is 0.300 e. The number of hydrogen-bond donors (Lipinski definition) is 1. The molecule has 0 saturated heterocycles. The van der Waals surface area contributed by atoms with Crippen LogP contribution in [0.5, 0.6) is 0 Å². The van der Waals surface area contributed by atoms with Crippen LogP contribution in [-0.4, -0.2) is 27.6 Å². The van der Waals surface area contributed by atoms with E-state index in [2.05, 4.69) is 27.6 Å². The predicted octanol–water partition coefficient (Wildman–Crippen LogP) is 3.52. The normalized spacial score (nSPS) is 12.1. The first-order valence-corrected chi connectivity index (χ1v) is 9.12. The molecule has 0 unspecified atom stereocenters. The van der Waals surface area contributed by atoms with Gasteiger partial charge in [-0.05, 0) is 18.7 Å². The number of aromatic nitrogens is 2. The number of nitrogens with zero attached hydrogens (tertiary/aromatic N) is 2. The molecular weight excluding hydrogens is 310 g/mol. The first-order valence-electron chi connectivity index (χ1n) is 6.03. The summed E-state index contributed by atoms with van der Waals surface area (Å²) in [5.74, 6) is 0.788. The maximum absolute atomic E-state index is 12.0. The molecule has 1 aromatic heterocycles. The van der Waals surface area contributed by atoms with E-state index in [9.17, 15) is 4.79 Å². The number of thioether (sulfide) groups is 2. The molecule has 0 fully saturated rings. The zero-order valence-corrected chi connectivity index (χ0v) is 13.6. The Morgan fingerprint density at radius 3 is 2.75 bits per heavy atom. The van der Waals surface area contributed by atoms with Gasteiger partial charge in [-0.1, -0.05) is 53.4 Å². The van der Waals surface area contributed by atoms with E-state index >= 15 is 0 Å². The van der Waals surface area contributed by atoms with Crippen LogP contribution in [0.15, 0.2) is 34.7 Å². The Morgan fingerprint density at radius 2 is 2.10 bits per heavy atom. The second kappa shape index (κ2) is 7.66. The second-order valence-electron chi connectivity index (χ2n) is 4.01. The molecule has 1 N–H and O–H groups in total. The van der Waals surface area contributed by atoms with Crippen molar-refractivity contribution in [3.05, 3.63) is 35.9 Å². The third-order valence-electron chi connectivity index (χ3n) is 2.52. The van der Waals surface area contributed by atoms with E-state index in [0.29, 0.717) is 5.13 Å². The summed E-state index contributed by atoms with van der Waals surface area (Å²) in [5, 5.41) is 11.1. The van der Waals surface area contributed by atoms with Crippen LogP contribution in [0.4, 0.5) is 5.13 Å². The molecule has 0 spiro atoms.